The summed E-state index contributed by atoms with van der Waals surface area (Å²) in [6.45, 7) is 1.96. The summed E-state index contributed by atoms with van der Waals surface area (Å²) in [6.07, 6.45) is 11.0. The fourth-order valence-electron chi connectivity index (χ4n) is 3.74. The minimum absolute atomic E-state index is 0.208. The zero-order valence-electron chi connectivity index (χ0n) is 16.6. The monoisotopic (exact) mass is 399 g/mol. The maximum atomic E-state index is 12.8. The van der Waals surface area contributed by atoms with Crippen molar-refractivity contribution in [1.82, 2.24) is 24.5 Å². The number of carbonyl (C=O) groups excluding carboxylic acids is 1. The second-order valence-corrected chi connectivity index (χ2v) is 7.43. The first-order chi connectivity index (χ1) is 14.7. The molecule has 4 aromatic rings. The molecule has 1 fully saturated rings. The van der Waals surface area contributed by atoms with E-state index in [0.717, 1.165) is 53.9 Å². The molecule has 0 spiro atoms. The van der Waals surface area contributed by atoms with Gasteiger partial charge in [-0.25, -0.2) is 15.0 Å². The van der Waals surface area contributed by atoms with E-state index in [1.807, 2.05) is 29.8 Å². The van der Waals surface area contributed by atoms with Crippen LogP contribution in [0.15, 0.2) is 55.4 Å². The predicted molar refractivity (Wildman–Crippen MR) is 115 cm³/mol. The molecular formula is C22H21N7O. The van der Waals surface area contributed by atoms with E-state index in [-0.39, 0.29) is 5.91 Å². The van der Waals surface area contributed by atoms with Crippen molar-refractivity contribution < 1.29 is 4.79 Å². The molecule has 0 atom stereocenters. The lowest BCUT2D eigenvalue weighted by molar-refractivity contribution is 0.102. The standard InChI is InChI=1S/C22H21N7O/c1-28-14-23-13-19(28)17-8-16-9-20(26-12-18(16)25-11-17)27-22(30)15-4-5-24-21(10-15)29-6-2-3-7-29/h4-5,8-14H,2-3,6-7H2,1H3,(H,26,27,30). The number of amides is 1. The van der Waals surface area contributed by atoms with Gasteiger partial charge in [-0.3, -0.25) is 9.78 Å². The van der Waals surface area contributed by atoms with Crippen LogP contribution in [0.1, 0.15) is 23.2 Å². The van der Waals surface area contributed by atoms with Crippen LogP contribution in [0, 0.1) is 0 Å². The molecule has 0 saturated carbocycles. The van der Waals surface area contributed by atoms with Crippen molar-refractivity contribution in [2.45, 2.75) is 12.8 Å². The zero-order valence-corrected chi connectivity index (χ0v) is 16.6. The lowest BCUT2D eigenvalue weighted by atomic mass is 10.1. The summed E-state index contributed by atoms with van der Waals surface area (Å²) < 4.78 is 1.94. The van der Waals surface area contributed by atoms with Gasteiger partial charge in [-0.2, -0.15) is 0 Å². The second-order valence-electron chi connectivity index (χ2n) is 7.43. The predicted octanol–water partition coefficient (Wildman–Crippen LogP) is 3.28. The van der Waals surface area contributed by atoms with Crippen LogP contribution < -0.4 is 10.2 Å². The van der Waals surface area contributed by atoms with Gasteiger partial charge in [0.1, 0.15) is 11.6 Å². The fraction of sp³-hybridized carbons (Fsp3) is 0.227. The number of nitrogens with zero attached hydrogens (tertiary/aromatic N) is 6. The molecule has 4 aromatic heterocycles. The number of aryl methyl sites for hydroxylation is 1. The van der Waals surface area contributed by atoms with Gasteiger partial charge in [-0.1, -0.05) is 0 Å². The summed E-state index contributed by atoms with van der Waals surface area (Å²) >= 11 is 0. The molecule has 0 radical (unpaired) electrons. The molecule has 150 valence electrons. The highest BCUT2D eigenvalue weighted by molar-refractivity contribution is 6.04. The summed E-state index contributed by atoms with van der Waals surface area (Å²) in [5.74, 6) is 1.12. The first-order valence-electron chi connectivity index (χ1n) is 9.92. The maximum Gasteiger partial charge on any atom is 0.257 e. The molecule has 0 aliphatic carbocycles. The zero-order chi connectivity index (χ0) is 20.5. The highest BCUT2D eigenvalue weighted by atomic mass is 16.1. The Hall–Kier alpha value is -3.81. The van der Waals surface area contributed by atoms with Crippen LogP contribution in [0.3, 0.4) is 0 Å². The van der Waals surface area contributed by atoms with E-state index in [9.17, 15) is 4.79 Å². The van der Waals surface area contributed by atoms with Crippen molar-refractivity contribution in [3.05, 3.63) is 60.9 Å². The number of pyridine rings is 3. The van der Waals surface area contributed by atoms with Gasteiger partial charge in [0.2, 0.25) is 0 Å². The Morgan fingerprint density at radius 3 is 2.70 bits per heavy atom. The summed E-state index contributed by atoms with van der Waals surface area (Å²) in [5, 5.41) is 3.79. The van der Waals surface area contributed by atoms with Crippen molar-refractivity contribution in [2.75, 3.05) is 23.3 Å². The van der Waals surface area contributed by atoms with Crippen molar-refractivity contribution in [3.63, 3.8) is 0 Å². The van der Waals surface area contributed by atoms with Gasteiger partial charge in [0.25, 0.3) is 5.91 Å². The van der Waals surface area contributed by atoms with Crippen molar-refractivity contribution >= 4 is 28.4 Å². The van der Waals surface area contributed by atoms with E-state index < -0.39 is 0 Å². The minimum atomic E-state index is -0.208. The van der Waals surface area contributed by atoms with Crippen LogP contribution in [-0.2, 0) is 7.05 Å². The molecule has 1 aliphatic rings. The van der Waals surface area contributed by atoms with Gasteiger partial charge < -0.3 is 14.8 Å². The third-order valence-electron chi connectivity index (χ3n) is 5.36. The molecule has 8 heteroatoms. The van der Waals surface area contributed by atoms with E-state index in [1.54, 1.807) is 37.2 Å². The van der Waals surface area contributed by atoms with Gasteiger partial charge in [0, 0.05) is 49.0 Å². The van der Waals surface area contributed by atoms with Crippen LogP contribution in [0.2, 0.25) is 0 Å². The molecule has 0 bridgehead atoms. The Kier molecular flexibility index (Phi) is 4.59. The first-order valence-corrected chi connectivity index (χ1v) is 9.92. The summed E-state index contributed by atoms with van der Waals surface area (Å²) in [5.41, 5.74) is 3.25. The van der Waals surface area contributed by atoms with E-state index in [2.05, 4.69) is 30.2 Å². The molecular weight excluding hydrogens is 378 g/mol. The van der Waals surface area contributed by atoms with Gasteiger partial charge in [0.15, 0.2) is 0 Å². The average molecular weight is 399 g/mol. The number of carbonyl (C=O) groups is 1. The van der Waals surface area contributed by atoms with Gasteiger partial charge in [0.05, 0.1) is 29.9 Å². The number of hydrogen-bond acceptors (Lipinski definition) is 6. The Bertz CT molecular complexity index is 1230. The van der Waals surface area contributed by atoms with Crippen molar-refractivity contribution in [2.24, 2.45) is 7.05 Å². The number of rotatable bonds is 4. The van der Waals surface area contributed by atoms with E-state index >= 15 is 0 Å². The lowest BCUT2D eigenvalue weighted by Gasteiger charge is -2.16. The molecule has 30 heavy (non-hydrogen) atoms. The van der Waals surface area contributed by atoms with E-state index in [1.165, 1.54) is 0 Å². The normalized spacial score (nSPS) is 13.7. The Labute approximate surface area is 173 Å². The van der Waals surface area contributed by atoms with E-state index in [0.29, 0.717) is 11.4 Å². The maximum absolute atomic E-state index is 12.8. The molecule has 0 unspecified atom stereocenters. The average Bonchev–Trinajstić information content (AvgIpc) is 3.45. The van der Waals surface area contributed by atoms with Gasteiger partial charge >= 0.3 is 0 Å². The SMILES string of the molecule is Cn1cncc1-c1cnc2cnc(NC(=O)c3ccnc(N4CCCC4)c3)cc2c1. The van der Waals surface area contributed by atoms with Crippen molar-refractivity contribution in [1.29, 1.82) is 0 Å². The smallest absolute Gasteiger partial charge is 0.257 e. The number of anilines is 2. The topological polar surface area (TPSA) is 88.8 Å². The van der Waals surface area contributed by atoms with Crippen LogP contribution >= 0.6 is 0 Å². The summed E-state index contributed by atoms with van der Waals surface area (Å²) in [7, 11) is 1.94. The van der Waals surface area contributed by atoms with Crippen LogP contribution in [-0.4, -0.2) is 43.5 Å². The molecule has 8 nitrogen and oxygen atoms in total. The second kappa shape index (κ2) is 7.55. The summed E-state index contributed by atoms with van der Waals surface area (Å²) in [4.78, 5) is 32.4. The molecule has 1 aliphatic heterocycles. The molecule has 5 heterocycles. The number of hydrogen-bond donors (Lipinski definition) is 1. The van der Waals surface area contributed by atoms with Gasteiger partial charge in [-0.05, 0) is 37.1 Å². The highest BCUT2D eigenvalue weighted by Crippen LogP contribution is 2.24. The Morgan fingerprint density at radius 2 is 1.90 bits per heavy atom. The minimum Gasteiger partial charge on any atom is -0.357 e. The van der Waals surface area contributed by atoms with Gasteiger partial charge in [-0.15, -0.1) is 0 Å². The number of imidazole rings is 1. The largest absolute Gasteiger partial charge is 0.357 e. The molecule has 1 N–H and O–H groups in total. The molecule has 5 rings (SSSR count). The fourth-order valence-corrected chi connectivity index (χ4v) is 3.74. The number of nitrogens with one attached hydrogen (secondary N) is 1. The first kappa shape index (κ1) is 18.2. The van der Waals surface area contributed by atoms with Crippen LogP contribution in [0.4, 0.5) is 11.6 Å². The number of aromatic nitrogens is 5. The van der Waals surface area contributed by atoms with Crippen LogP contribution in [0.25, 0.3) is 22.2 Å². The molecule has 1 amide bonds. The highest BCUT2D eigenvalue weighted by Gasteiger charge is 2.16. The number of fused-ring (bicyclic) bond motifs is 1. The molecule has 0 aromatic carbocycles. The van der Waals surface area contributed by atoms with Crippen molar-refractivity contribution in [3.8, 4) is 11.3 Å². The summed E-state index contributed by atoms with van der Waals surface area (Å²) in [6, 6.07) is 7.42. The third kappa shape index (κ3) is 3.47. The lowest BCUT2D eigenvalue weighted by Crippen LogP contribution is -2.20. The van der Waals surface area contributed by atoms with E-state index in [4.69, 9.17) is 0 Å². The van der Waals surface area contributed by atoms with Crippen LogP contribution in [0.5, 0.6) is 0 Å². The quantitative estimate of drug-likeness (QED) is 0.567. The molecule has 1 saturated heterocycles. The Balaban J connectivity index is 1.40. The third-order valence-corrected chi connectivity index (χ3v) is 5.36. The Morgan fingerprint density at radius 1 is 1.03 bits per heavy atom.